The normalized spacial score (nSPS) is 11.8. The Bertz CT molecular complexity index is 2760. The summed E-state index contributed by atoms with van der Waals surface area (Å²) in [5.41, 5.74) is 6.20. The molecule has 0 amide bonds. The van der Waals surface area contributed by atoms with Gasteiger partial charge >= 0.3 is 0 Å². The van der Waals surface area contributed by atoms with Crippen molar-refractivity contribution in [2.24, 2.45) is 0 Å². The minimum atomic E-state index is 0.652. The van der Waals surface area contributed by atoms with Gasteiger partial charge in [-0.2, -0.15) is 0 Å². The summed E-state index contributed by atoms with van der Waals surface area (Å²) in [6.07, 6.45) is 0. The van der Waals surface area contributed by atoms with Gasteiger partial charge in [-0.15, -0.1) is 0 Å². The van der Waals surface area contributed by atoms with Gasteiger partial charge in [0.05, 0.1) is 16.8 Å². The average molecular weight is 669 g/mol. The van der Waals surface area contributed by atoms with Crippen molar-refractivity contribution in [2.75, 3.05) is 9.80 Å². The quantitative estimate of drug-likeness (QED) is 0.176. The zero-order valence-corrected chi connectivity index (χ0v) is 28.2. The van der Waals surface area contributed by atoms with Crippen molar-refractivity contribution in [3.05, 3.63) is 194 Å². The van der Waals surface area contributed by atoms with E-state index in [0.717, 1.165) is 56.4 Å². The second kappa shape index (κ2) is 12.4. The topological polar surface area (TPSA) is 24.9 Å². The first-order chi connectivity index (χ1) is 25.7. The molecule has 0 fully saturated rings. The molecular formula is C48H32N2O2. The first-order valence-electron chi connectivity index (χ1n) is 17.5. The second-order valence-corrected chi connectivity index (χ2v) is 13.0. The maximum atomic E-state index is 6.84. The van der Waals surface area contributed by atoms with E-state index in [1.165, 1.54) is 21.5 Å². The molecule has 9 aromatic carbocycles. The number of anilines is 6. The van der Waals surface area contributed by atoms with Gasteiger partial charge in [-0.25, -0.2) is 0 Å². The standard InChI is InChI=1S/C48H32N2O2/c1-3-17-38(18-4-1)49(40-24-22-33-12-7-9-14-35(33)28-40)42-26-27-44-46(31-42)52-45-21-11-16-37-30-43(32-47(51-44)48(37)45)50(39-19-5-2-6-20-39)41-25-23-34-13-8-10-15-36(34)29-41/h1-32H. The third-order valence-corrected chi connectivity index (χ3v) is 9.78. The smallest absolute Gasteiger partial charge is 0.172 e. The molecule has 0 unspecified atom stereocenters. The lowest BCUT2D eigenvalue weighted by molar-refractivity contribution is 0.439. The molecule has 0 atom stereocenters. The van der Waals surface area contributed by atoms with Gasteiger partial charge < -0.3 is 19.3 Å². The van der Waals surface area contributed by atoms with Crippen molar-refractivity contribution in [3.8, 4) is 23.0 Å². The Hall–Kier alpha value is -7.04. The van der Waals surface area contributed by atoms with Crippen molar-refractivity contribution in [3.63, 3.8) is 0 Å². The number of hydrogen-bond donors (Lipinski definition) is 0. The van der Waals surface area contributed by atoms with Crippen molar-refractivity contribution in [1.29, 1.82) is 0 Å². The average Bonchev–Trinajstić information content (AvgIpc) is 3.36. The van der Waals surface area contributed by atoms with Crippen LogP contribution in [0.1, 0.15) is 0 Å². The van der Waals surface area contributed by atoms with Crippen molar-refractivity contribution < 1.29 is 9.47 Å². The number of hydrogen-bond acceptors (Lipinski definition) is 4. The molecule has 0 saturated carbocycles. The van der Waals surface area contributed by atoms with Crippen LogP contribution in [0.25, 0.3) is 32.3 Å². The number of para-hydroxylation sites is 2. The Kier molecular flexibility index (Phi) is 7.10. The molecule has 4 heteroatoms. The third-order valence-electron chi connectivity index (χ3n) is 9.78. The van der Waals surface area contributed by atoms with Crippen LogP contribution in [0.3, 0.4) is 0 Å². The number of benzene rings is 9. The highest BCUT2D eigenvalue weighted by Gasteiger charge is 2.24. The van der Waals surface area contributed by atoms with Gasteiger partial charge in [0.25, 0.3) is 0 Å². The summed E-state index contributed by atoms with van der Waals surface area (Å²) in [4.78, 5) is 4.55. The zero-order chi connectivity index (χ0) is 34.4. The van der Waals surface area contributed by atoms with Crippen LogP contribution in [0.5, 0.6) is 23.0 Å². The fraction of sp³-hybridized carbons (Fsp3) is 0. The number of fused-ring (bicyclic) bond motifs is 3. The van der Waals surface area contributed by atoms with Crippen LogP contribution >= 0.6 is 0 Å². The lowest BCUT2D eigenvalue weighted by Gasteiger charge is -2.27. The molecule has 52 heavy (non-hydrogen) atoms. The summed E-state index contributed by atoms with van der Waals surface area (Å²) in [5.74, 6) is 2.80. The van der Waals surface area contributed by atoms with Crippen LogP contribution in [0.4, 0.5) is 34.1 Å². The molecule has 0 spiro atoms. The fourth-order valence-electron chi connectivity index (χ4n) is 7.35. The number of nitrogens with zero attached hydrogens (tertiary/aromatic N) is 2. The summed E-state index contributed by atoms with van der Waals surface area (Å²) < 4.78 is 13.6. The van der Waals surface area contributed by atoms with Crippen LogP contribution in [0, 0.1) is 0 Å². The van der Waals surface area contributed by atoms with Gasteiger partial charge in [-0.05, 0) is 99.7 Å². The third kappa shape index (κ3) is 5.26. The van der Waals surface area contributed by atoms with E-state index in [-0.39, 0.29) is 0 Å². The minimum Gasteiger partial charge on any atom is -0.453 e. The Morgan fingerprint density at radius 1 is 0.250 bits per heavy atom. The monoisotopic (exact) mass is 668 g/mol. The molecule has 1 aliphatic heterocycles. The Morgan fingerprint density at radius 3 is 1.35 bits per heavy atom. The summed E-state index contributed by atoms with van der Waals surface area (Å²) in [6, 6.07) is 67.8. The van der Waals surface area contributed by atoms with Crippen molar-refractivity contribution in [1.82, 2.24) is 0 Å². The molecule has 1 heterocycles. The van der Waals surface area contributed by atoms with Crippen LogP contribution in [-0.4, -0.2) is 0 Å². The molecule has 1 aliphatic rings. The van der Waals surface area contributed by atoms with Crippen LogP contribution in [0.2, 0.25) is 0 Å². The van der Waals surface area contributed by atoms with E-state index >= 15 is 0 Å². The molecule has 4 nitrogen and oxygen atoms in total. The summed E-state index contributed by atoms with van der Waals surface area (Å²) >= 11 is 0. The fourth-order valence-corrected chi connectivity index (χ4v) is 7.35. The van der Waals surface area contributed by atoms with Crippen molar-refractivity contribution in [2.45, 2.75) is 0 Å². The minimum absolute atomic E-state index is 0.652. The highest BCUT2D eigenvalue weighted by molar-refractivity contribution is 6.00. The van der Waals surface area contributed by atoms with Crippen LogP contribution < -0.4 is 19.3 Å². The maximum Gasteiger partial charge on any atom is 0.172 e. The summed E-state index contributed by atoms with van der Waals surface area (Å²) in [5, 5.41) is 6.74. The summed E-state index contributed by atoms with van der Waals surface area (Å²) in [6.45, 7) is 0. The first-order valence-corrected chi connectivity index (χ1v) is 17.5. The van der Waals surface area contributed by atoms with E-state index in [1.807, 2.05) is 30.3 Å². The second-order valence-electron chi connectivity index (χ2n) is 13.0. The molecular weight excluding hydrogens is 637 g/mol. The van der Waals surface area contributed by atoms with E-state index in [0.29, 0.717) is 11.5 Å². The zero-order valence-electron chi connectivity index (χ0n) is 28.2. The molecule has 0 N–H and O–H groups in total. The first kappa shape index (κ1) is 29.8. The Morgan fingerprint density at radius 2 is 0.712 bits per heavy atom. The highest BCUT2D eigenvalue weighted by atomic mass is 16.5. The van der Waals surface area contributed by atoms with E-state index in [1.54, 1.807) is 0 Å². The van der Waals surface area contributed by atoms with E-state index in [9.17, 15) is 0 Å². The molecule has 0 aromatic heterocycles. The highest BCUT2D eigenvalue weighted by Crippen LogP contribution is 2.50. The lowest BCUT2D eigenvalue weighted by Crippen LogP contribution is -2.10. The SMILES string of the molecule is c1ccc(N(c2ccc3c(c2)Oc2cccc4cc(N(c5ccccc5)c5ccc6ccccc6c5)cc(c24)O3)c2ccc3ccccc3c2)cc1. The lowest BCUT2D eigenvalue weighted by atomic mass is 10.0. The number of ether oxygens (including phenoxy) is 2. The van der Waals surface area contributed by atoms with Gasteiger partial charge in [-0.1, -0.05) is 109 Å². The van der Waals surface area contributed by atoms with Gasteiger partial charge in [-0.3, -0.25) is 0 Å². The van der Waals surface area contributed by atoms with Crippen LogP contribution in [0.15, 0.2) is 194 Å². The maximum absolute atomic E-state index is 6.84. The molecule has 10 rings (SSSR count). The van der Waals surface area contributed by atoms with E-state index < -0.39 is 0 Å². The molecule has 246 valence electrons. The van der Waals surface area contributed by atoms with Crippen molar-refractivity contribution >= 4 is 66.4 Å². The molecule has 0 bridgehead atoms. The molecule has 0 saturated heterocycles. The Balaban J connectivity index is 1.10. The predicted octanol–water partition coefficient (Wildman–Crippen LogP) is 14.0. The molecule has 0 aliphatic carbocycles. The van der Waals surface area contributed by atoms with Gasteiger partial charge in [0.15, 0.2) is 11.5 Å². The van der Waals surface area contributed by atoms with Crippen LogP contribution in [-0.2, 0) is 0 Å². The molecule has 9 aromatic rings. The largest absolute Gasteiger partial charge is 0.453 e. The van der Waals surface area contributed by atoms with Gasteiger partial charge in [0, 0.05) is 34.9 Å². The van der Waals surface area contributed by atoms with Gasteiger partial charge in [0.2, 0.25) is 0 Å². The van der Waals surface area contributed by atoms with E-state index in [2.05, 4.69) is 174 Å². The Labute approximate surface area is 302 Å². The predicted molar refractivity (Wildman–Crippen MR) is 215 cm³/mol. The molecule has 0 radical (unpaired) electrons. The van der Waals surface area contributed by atoms with E-state index in [4.69, 9.17) is 9.47 Å². The number of rotatable bonds is 6. The van der Waals surface area contributed by atoms with Gasteiger partial charge in [0.1, 0.15) is 11.5 Å². The summed E-state index contributed by atoms with van der Waals surface area (Å²) in [7, 11) is 0.